The molecule has 0 unspecified atom stereocenters. The van der Waals surface area contributed by atoms with Gasteiger partial charge in [-0.15, -0.1) is 0 Å². The lowest BCUT2D eigenvalue weighted by molar-refractivity contribution is 0.0682. The predicted octanol–water partition coefficient (Wildman–Crippen LogP) is 7.07. The molecule has 0 atom stereocenters. The lowest BCUT2D eigenvalue weighted by Gasteiger charge is -2.19. The first-order chi connectivity index (χ1) is 14.3. The average Bonchev–Trinajstić information content (AvgIpc) is 2.72. The fraction of sp³-hybridized carbons (Fsp3) is 0.167. The molecule has 0 saturated carbocycles. The monoisotopic (exact) mass is 530 g/mol. The summed E-state index contributed by atoms with van der Waals surface area (Å²) in [4.78, 5) is 24.2. The van der Waals surface area contributed by atoms with E-state index in [0.717, 1.165) is 32.9 Å². The second kappa shape index (κ2) is 9.14. The number of halogens is 2. The van der Waals surface area contributed by atoms with Crippen molar-refractivity contribution in [2.75, 3.05) is 0 Å². The zero-order chi connectivity index (χ0) is 22.0. The first-order valence-electron chi connectivity index (χ1n) is 9.49. The van der Waals surface area contributed by atoms with E-state index in [1.807, 2.05) is 50.2 Å². The molecule has 0 amide bonds. The summed E-state index contributed by atoms with van der Waals surface area (Å²) in [6.07, 6.45) is 1.66. The third kappa shape index (κ3) is 4.20. The van der Waals surface area contributed by atoms with Gasteiger partial charge in [0.25, 0.3) is 0 Å². The Labute approximate surface area is 191 Å². The molecule has 4 nitrogen and oxygen atoms in total. The zero-order valence-corrected chi connectivity index (χ0v) is 19.7. The Kier molecular flexibility index (Phi) is 6.78. The molecule has 0 aliphatic rings. The first-order valence-corrected chi connectivity index (χ1v) is 11.1. The van der Waals surface area contributed by atoms with Crippen molar-refractivity contribution >= 4 is 43.8 Å². The Bertz CT molecular complexity index is 1060. The van der Waals surface area contributed by atoms with Crippen molar-refractivity contribution in [2.24, 2.45) is 0 Å². The van der Waals surface area contributed by atoms with Crippen LogP contribution in [-0.4, -0.2) is 22.2 Å². The van der Waals surface area contributed by atoms with Gasteiger partial charge in [-0.2, -0.15) is 0 Å². The quantitative estimate of drug-likeness (QED) is 0.356. The molecule has 6 heteroatoms. The van der Waals surface area contributed by atoms with E-state index in [1.165, 1.54) is 12.1 Å². The van der Waals surface area contributed by atoms with Gasteiger partial charge in [-0.25, -0.2) is 9.59 Å². The number of carbonyl (C=O) groups is 2. The maximum atomic E-state index is 12.1. The number of hydrogen-bond acceptors (Lipinski definition) is 2. The van der Waals surface area contributed by atoms with Crippen molar-refractivity contribution < 1.29 is 19.8 Å². The number of benzene rings is 3. The van der Waals surface area contributed by atoms with Crippen molar-refractivity contribution in [1.29, 1.82) is 0 Å². The summed E-state index contributed by atoms with van der Waals surface area (Å²) in [6.45, 7) is 4.07. The van der Waals surface area contributed by atoms with Crippen molar-refractivity contribution in [3.8, 4) is 22.3 Å². The van der Waals surface area contributed by atoms with Crippen LogP contribution in [0, 0.1) is 0 Å². The second-order valence-corrected chi connectivity index (χ2v) is 8.57. The van der Waals surface area contributed by atoms with Gasteiger partial charge in [0.15, 0.2) is 0 Å². The number of carboxylic acids is 2. The van der Waals surface area contributed by atoms with E-state index < -0.39 is 11.9 Å². The first kappa shape index (κ1) is 22.2. The van der Waals surface area contributed by atoms with Gasteiger partial charge in [-0.1, -0.05) is 70.0 Å². The lowest BCUT2D eigenvalue weighted by Crippen LogP contribution is -2.08. The van der Waals surface area contributed by atoms with Gasteiger partial charge < -0.3 is 10.2 Å². The van der Waals surface area contributed by atoms with Crippen LogP contribution in [0.25, 0.3) is 22.3 Å². The van der Waals surface area contributed by atoms with E-state index in [0.29, 0.717) is 22.3 Å². The fourth-order valence-corrected chi connectivity index (χ4v) is 4.73. The number of rotatable bonds is 6. The largest absolute Gasteiger partial charge is 0.478 e. The minimum Gasteiger partial charge on any atom is -0.478 e. The highest BCUT2D eigenvalue weighted by Crippen LogP contribution is 2.43. The van der Waals surface area contributed by atoms with Crippen molar-refractivity contribution in [3.05, 3.63) is 79.7 Å². The summed E-state index contributed by atoms with van der Waals surface area (Å²) in [5.74, 6) is -2.23. The minimum atomic E-state index is -1.11. The molecule has 0 radical (unpaired) electrons. The normalized spacial score (nSPS) is 10.8. The topological polar surface area (TPSA) is 74.6 Å². The molecule has 2 N–H and O–H groups in total. The highest BCUT2D eigenvalue weighted by atomic mass is 79.9. The standard InChI is InChI=1S/C24H20Br2O4/c1-3-13-5-7-15(19(25)11-13)21-17(23(27)28)9-10-18(24(29)30)22(21)16-8-6-14(4-2)12-20(16)26/h5-12H,3-4H2,1-2H3,(H,27,28)(H,29,30). The number of carboxylic acid groups (broad SMARTS) is 2. The van der Waals surface area contributed by atoms with E-state index in [2.05, 4.69) is 31.9 Å². The van der Waals surface area contributed by atoms with Gasteiger partial charge >= 0.3 is 11.9 Å². The van der Waals surface area contributed by atoms with Crippen LogP contribution in [0.2, 0.25) is 0 Å². The van der Waals surface area contributed by atoms with Crippen LogP contribution in [0.3, 0.4) is 0 Å². The number of aryl methyl sites for hydroxylation is 2. The molecular weight excluding hydrogens is 512 g/mol. The molecule has 154 valence electrons. The van der Waals surface area contributed by atoms with Crippen LogP contribution >= 0.6 is 31.9 Å². The van der Waals surface area contributed by atoms with Crippen LogP contribution < -0.4 is 0 Å². The third-order valence-electron chi connectivity index (χ3n) is 5.09. The van der Waals surface area contributed by atoms with Crippen molar-refractivity contribution in [3.63, 3.8) is 0 Å². The maximum Gasteiger partial charge on any atom is 0.336 e. The summed E-state index contributed by atoms with van der Waals surface area (Å²) in [5, 5.41) is 19.8. The molecule has 0 aliphatic carbocycles. The second-order valence-electron chi connectivity index (χ2n) is 6.86. The fourth-order valence-electron chi connectivity index (χ4n) is 3.48. The molecule has 0 aromatic heterocycles. The smallest absolute Gasteiger partial charge is 0.336 e. The molecule has 3 rings (SSSR count). The summed E-state index contributed by atoms with van der Waals surface area (Å²) < 4.78 is 1.43. The SMILES string of the molecule is CCc1ccc(-c2c(C(=O)O)ccc(C(=O)O)c2-c2ccc(CC)cc2Br)c(Br)c1. The summed E-state index contributed by atoms with van der Waals surface area (Å²) in [6, 6.07) is 14.1. The Hall–Kier alpha value is -2.44. The van der Waals surface area contributed by atoms with Gasteiger partial charge in [-0.05, 0) is 59.4 Å². The Morgan fingerprint density at radius 3 is 1.33 bits per heavy atom. The minimum absolute atomic E-state index is 0.0476. The van der Waals surface area contributed by atoms with Crippen molar-refractivity contribution in [1.82, 2.24) is 0 Å². The molecular formula is C24H20Br2O4. The Morgan fingerprint density at radius 2 is 1.07 bits per heavy atom. The summed E-state index contributed by atoms with van der Waals surface area (Å²) in [7, 11) is 0. The van der Waals surface area contributed by atoms with E-state index in [9.17, 15) is 19.8 Å². The summed E-state index contributed by atoms with van der Waals surface area (Å²) >= 11 is 7.13. The molecule has 0 fully saturated rings. The van der Waals surface area contributed by atoms with E-state index in [-0.39, 0.29) is 11.1 Å². The van der Waals surface area contributed by atoms with Crippen LogP contribution in [0.4, 0.5) is 0 Å². The average molecular weight is 532 g/mol. The predicted molar refractivity (Wildman–Crippen MR) is 125 cm³/mol. The Morgan fingerprint density at radius 1 is 0.700 bits per heavy atom. The molecule has 0 bridgehead atoms. The zero-order valence-electron chi connectivity index (χ0n) is 16.5. The molecule has 0 heterocycles. The molecule has 0 spiro atoms. The van der Waals surface area contributed by atoms with Crippen LogP contribution in [0.15, 0.2) is 57.5 Å². The van der Waals surface area contributed by atoms with Gasteiger partial charge in [0, 0.05) is 20.1 Å². The lowest BCUT2D eigenvalue weighted by atomic mass is 9.86. The van der Waals surface area contributed by atoms with Gasteiger partial charge in [0.1, 0.15) is 0 Å². The summed E-state index contributed by atoms with van der Waals surface area (Å²) in [5.41, 5.74) is 4.30. The highest BCUT2D eigenvalue weighted by Gasteiger charge is 2.25. The Balaban J connectivity index is 2.47. The molecule has 3 aromatic rings. The van der Waals surface area contributed by atoms with Gasteiger partial charge in [-0.3, -0.25) is 0 Å². The van der Waals surface area contributed by atoms with E-state index >= 15 is 0 Å². The molecule has 3 aromatic carbocycles. The molecule has 30 heavy (non-hydrogen) atoms. The number of hydrogen-bond donors (Lipinski definition) is 2. The van der Waals surface area contributed by atoms with E-state index in [1.54, 1.807) is 0 Å². The van der Waals surface area contributed by atoms with Crippen LogP contribution in [-0.2, 0) is 12.8 Å². The van der Waals surface area contributed by atoms with Crippen LogP contribution in [0.1, 0.15) is 45.7 Å². The van der Waals surface area contributed by atoms with Crippen molar-refractivity contribution in [2.45, 2.75) is 26.7 Å². The van der Waals surface area contributed by atoms with Gasteiger partial charge in [0.2, 0.25) is 0 Å². The third-order valence-corrected chi connectivity index (χ3v) is 6.40. The maximum absolute atomic E-state index is 12.1. The van der Waals surface area contributed by atoms with E-state index in [4.69, 9.17) is 0 Å². The molecule has 0 aliphatic heterocycles. The number of aromatic carboxylic acids is 2. The highest BCUT2D eigenvalue weighted by molar-refractivity contribution is 9.11. The molecule has 0 saturated heterocycles. The van der Waals surface area contributed by atoms with Crippen LogP contribution in [0.5, 0.6) is 0 Å². The van der Waals surface area contributed by atoms with Gasteiger partial charge in [0.05, 0.1) is 11.1 Å².